The van der Waals surface area contributed by atoms with E-state index in [2.05, 4.69) is 6.58 Å². The fraction of sp³-hybridized carbons (Fsp3) is 0.667. The first-order chi connectivity index (χ1) is 9.15. The summed E-state index contributed by atoms with van der Waals surface area (Å²) in [4.78, 5) is 11.9. The lowest BCUT2D eigenvalue weighted by Crippen LogP contribution is -2.76. The fourth-order valence-corrected chi connectivity index (χ4v) is 4.24. The van der Waals surface area contributed by atoms with Gasteiger partial charge in [0, 0.05) is 11.5 Å². The quantitative estimate of drug-likeness (QED) is 0.344. The minimum atomic E-state index is -1.41. The molecular weight excluding hydrogens is 256 g/mol. The number of rotatable bonds is 0. The lowest BCUT2D eigenvalue weighted by molar-refractivity contribution is -0.165. The van der Waals surface area contributed by atoms with Crippen LogP contribution < -0.4 is 11.5 Å². The molecule has 1 saturated heterocycles. The second kappa shape index (κ2) is 3.72. The van der Waals surface area contributed by atoms with Gasteiger partial charge in [-0.1, -0.05) is 12.2 Å². The zero-order chi connectivity index (χ0) is 14.9. The number of hydrogen-bond acceptors (Lipinski definition) is 5. The van der Waals surface area contributed by atoms with Crippen molar-refractivity contribution in [3.05, 3.63) is 23.3 Å². The molecule has 4 atom stereocenters. The van der Waals surface area contributed by atoms with Crippen LogP contribution in [0.3, 0.4) is 0 Å². The number of nitrogens with two attached hydrogens (primary N) is 2. The third-order valence-electron chi connectivity index (χ3n) is 5.59. The van der Waals surface area contributed by atoms with Crippen molar-refractivity contribution < 1.29 is 14.6 Å². The second-order valence-electron chi connectivity index (χ2n) is 6.64. The minimum Gasteiger partial charge on any atom is -0.438 e. The first-order valence-electron chi connectivity index (χ1n) is 7.06. The number of aliphatic hydroxyl groups is 1. The predicted octanol–water partition coefficient (Wildman–Crippen LogP) is 0.723. The molecule has 20 heavy (non-hydrogen) atoms. The number of carbonyl (C=O) groups excluding carboxylic acids is 1. The Bertz CT molecular complexity index is 551. The fourth-order valence-electron chi connectivity index (χ4n) is 4.24. The van der Waals surface area contributed by atoms with Crippen molar-refractivity contribution in [1.29, 1.82) is 0 Å². The van der Waals surface area contributed by atoms with E-state index in [9.17, 15) is 9.90 Å². The Morgan fingerprint density at radius 1 is 1.40 bits per heavy atom. The van der Waals surface area contributed by atoms with Gasteiger partial charge in [0.1, 0.15) is 5.54 Å². The van der Waals surface area contributed by atoms with E-state index in [1.54, 1.807) is 6.92 Å². The molecule has 0 radical (unpaired) electrons. The average Bonchev–Trinajstić information content (AvgIpc) is 2.69. The summed E-state index contributed by atoms with van der Waals surface area (Å²) in [5.74, 6) is -0.846. The van der Waals surface area contributed by atoms with Gasteiger partial charge in [0.2, 0.25) is 0 Å². The van der Waals surface area contributed by atoms with Gasteiger partial charge in [-0.3, -0.25) is 5.73 Å². The molecule has 0 spiro atoms. The van der Waals surface area contributed by atoms with Crippen LogP contribution >= 0.6 is 0 Å². The van der Waals surface area contributed by atoms with Gasteiger partial charge in [0.15, 0.2) is 5.72 Å². The summed E-state index contributed by atoms with van der Waals surface area (Å²) < 4.78 is 5.47. The number of allylic oxidation sites excluding steroid dienone is 1. The standard InChI is InChI=1S/C15H22N2O3/c1-8-4-5-11-9(2)12(18)20-15(11,17)14(16)10(8)6-7-13(14,3)19/h11,19H,2,4-7,16-17H2,1,3H3/t11-,13+,14-,15-/m0/s1. The molecule has 2 aliphatic carbocycles. The molecule has 2 fully saturated rings. The van der Waals surface area contributed by atoms with Crippen molar-refractivity contribution in [3.8, 4) is 0 Å². The molecule has 1 heterocycles. The van der Waals surface area contributed by atoms with Gasteiger partial charge in [-0.2, -0.15) is 0 Å². The van der Waals surface area contributed by atoms with Crippen LogP contribution in [-0.4, -0.2) is 27.9 Å². The highest BCUT2D eigenvalue weighted by Crippen LogP contribution is 2.56. The second-order valence-corrected chi connectivity index (χ2v) is 6.64. The smallest absolute Gasteiger partial charge is 0.335 e. The Balaban J connectivity index is 2.26. The molecule has 1 saturated carbocycles. The summed E-state index contributed by atoms with van der Waals surface area (Å²) in [6.07, 6.45) is 2.67. The van der Waals surface area contributed by atoms with Crippen LogP contribution in [0.5, 0.6) is 0 Å². The number of esters is 1. The lowest BCUT2D eigenvalue weighted by Gasteiger charge is -2.48. The molecule has 0 aromatic carbocycles. The van der Waals surface area contributed by atoms with Crippen LogP contribution in [-0.2, 0) is 9.53 Å². The molecule has 0 amide bonds. The van der Waals surface area contributed by atoms with Gasteiger partial charge >= 0.3 is 5.97 Å². The summed E-state index contributed by atoms with van der Waals surface area (Å²) in [7, 11) is 0. The Labute approximate surface area is 118 Å². The van der Waals surface area contributed by atoms with Gasteiger partial charge < -0.3 is 15.6 Å². The molecular formula is C15H22N2O3. The van der Waals surface area contributed by atoms with E-state index in [1.807, 2.05) is 6.92 Å². The van der Waals surface area contributed by atoms with Crippen LogP contribution in [0, 0.1) is 5.92 Å². The highest BCUT2D eigenvalue weighted by Gasteiger charge is 2.70. The van der Waals surface area contributed by atoms with Crippen LogP contribution in [0.15, 0.2) is 23.3 Å². The molecule has 0 bridgehead atoms. The predicted molar refractivity (Wildman–Crippen MR) is 74.4 cm³/mol. The van der Waals surface area contributed by atoms with Gasteiger partial charge in [-0.25, -0.2) is 4.79 Å². The van der Waals surface area contributed by atoms with Crippen molar-refractivity contribution >= 4 is 5.97 Å². The SMILES string of the molecule is C=C1C(=O)O[C@@]2(N)[C@H]1CCC(C)=C1CC[C@@](C)(O)[C@@]12N. The molecule has 5 heteroatoms. The van der Waals surface area contributed by atoms with Crippen LogP contribution in [0.4, 0.5) is 0 Å². The van der Waals surface area contributed by atoms with Gasteiger partial charge in [-0.05, 0) is 45.1 Å². The Morgan fingerprint density at radius 2 is 2.05 bits per heavy atom. The summed E-state index contributed by atoms with van der Waals surface area (Å²) >= 11 is 0. The topological polar surface area (TPSA) is 98.6 Å². The monoisotopic (exact) mass is 278 g/mol. The summed E-state index contributed by atoms with van der Waals surface area (Å²) in [6, 6.07) is 0. The highest BCUT2D eigenvalue weighted by atomic mass is 16.6. The average molecular weight is 278 g/mol. The van der Waals surface area contributed by atoms with E-state index < -0.39 is 22.8 Å². The Hall–Kier alpha value is -1.17. The van der Waals surface area contributed by atoms with Crippen LogP contribution in [0.25, 0.3) is 0 Å². The van der Waals surface area contributed by atoms with E-state index in [1.165, 1.54) is 0 Å². The Morgan fingerprint density at radius 3 is 2.70 bits per heavy atom. The van der Waals surface area contributed by atoms with Gasteiger partial charge in [0.05, 0.1) is 5.60 Å². The van der Waals surface area contributed by atoms with Gasteiger partial charge in [0.25, 0.3) is 0 Å². The van der Waals surface area contributed by atoms with E-state index in [4.69, 9.17) is 16.2 Å². The highest BCUT2D eigenvalue weighted by molar-refractivity contribution is 5.92. The third-order valence-corrected chi connectivity index (χ3v) is 5.59. The zero-order valence-corrected chi connectivity index (χ0v) is 12.0. The zero-order valence-electron chi connectivity index (χ0n) is 12.0. The van der Waals surface area contributed by atoms with Gasteiger partial charge in [-0.15, -0.1) is 0 Å². The number of carbonyl (C=O) groups is 1. The van der Waals surface area contributed by atoms with Crippen molar-refractivity contribution in [2.75, 3.05) is 0 Å². The van der Waals surface area contributed by atoms with Crippen molar-refractivity contribution in [1.82, 2.24) is 0 Å². The Kier molecular flexibility index (Phi) is 2.57. The van der Waals surface area contributed by atoms with Crippen molar-refractivity contribution in [2.24, 2.45) is 17.4 Å². The molecule has 0 aromatic heterocycles. The van der Waals surface area contributed by atoms with Crippen molar-refractivity contribution in [3.63, 3.8) is 0 Å². The maximum Gasteiger partial charge on any atom is 0.335 e. The van der Waals surface area contributed by atoms with Crippen LogP contribution in [0.2, 0.25) is 0 Å². The molecule has 5 nitrogen and oxygen atoms in total. The van der Waals surface area contributed by atoms with E-state index in [0.717, 1.165) is 17.6 Å². The molecule has 5 N–H and O–H groups in total. The summed E-state index contributed by atoms with van der Waals surface area (Å²) in [6.45, 7) is 7.52. The number of ether oxygens (including phenoxy) is 1. The molecule has 3 aliphatic rings. The number of fused-ring (bicyclic) bond motifs is 3. The maximum absolute atomic E-state index is 11.9. The third kappa shape index (κ3) is 1.31. The largest absolute Gasteiger partial charge is 0.438 e. The van der Waals surface area contributed by atoms with Crippen molar-refractivity contribution in [2.45, 2.75) is 56.4 Å². The molecule has 0 aromatic rings. The van der Waals surface area contributed by atoms with E-state index in [0.29, 0.717) is 24.8 Å². The molecule has 3 rings (SSSR count). The first kappa shape index (κ1) is 13.8. The van der Waals surface area contributed by atoms with E-state index in [-0.39, 0.29) is 5.92 Å². The molecule has 0 unspecified atom stereocenters. The van der Waals surface area contributed by atoms with E-state index >= 15 is 0 Å². The first-order valence-corrected chi connectivity index (χ1v) is 7.06. The molecule has 110 valence electrons. The summed E-state index contributed by atoms with van der Waals surface area (Å²) in [5, 5.41) is 10.8. The molecule has 1 aliphatic heterocycles. The number of hydrogen-bond donors (Lipinski definition) is 3. The lowest BCUT2D eigenvalue weighted by atomic mass is 9.69. The maximum atomic E-state index is 11.9. The summed E-state index contributed by atoms with van der Waals surface area (Å²) in [5.41, 5.74) is 11.7. The minimum absolute atomic E-state index is 0.350. The van der Waals surface area contributed by atoms with Crippen LogP contribution in [0.1, 0.15) is 39.5 Å². The normalized spacial score (nSPS) is 48.0.